The molecule has 0 unspecified atom stereocenters. The Hall–Kier alpha value is -3.05. The van der Waals surface area contributed by atoms with Crippen LogP contribution in [0, 0.1) is 20.8 Å². The smallest absolute Gasteiger partial charge is 0.337 e. The van der Waals surface area contributed by atoms with Crippen LogP contribution in [0.4, 0.5) is 0 Å². The van der Waals surface area contributed by atoms with Crippen molar-refractivity contribution in [3.8, 4) is 11.4 Å². The van der Waals surface area contributed by atoms with Crippen LogP contribution in [0.3, 0.4) is 0 Å². The zero-order valence-electron chi connectivity index (χ0n) is 17.5. The van der Waals surface area contributed by atoms with E-state index in [1.807, 2.05) is 80.8 Å². The molecule has 5 nitrogen and oxygen atoms in total. The van der Waals surface area contributed by atoms with Gasteiger partial charge in [-0.1, -0.05) is 35.9 Å². The fraction of sp³-hybridized carbons (Fsp3) is 0.292. The molecule has 1 heterocycles. The number of carboxylic acid groups (broad SMARTS) is 1. The number of rotatable bonds is 8. The average Bonchev–Trinajstić information content (AvgIpc) is 2.94. The number of carboxylic acids is 1. The topological polar surface area (TPSA) is 63.5 Å². The van der Waals surface area contributed by atoms with Crippen LogP contribution in [0.15, 0.2) is 48.5 Å². The highest BCUT2D eigenvalue weighted by Gasteiger charge is 2.23. The second kappa shape index (κ2) is 8.97. The van der Waals surface area contributed by atoms with Gasteiger partial charge in [-0.2, -0.15) is 0 Å². The molecule has 1 aromatic heterocycles. The van der Waals surface area contributed by atoms with Gasteiger partial charge in [-0.3, -0.25) is 0 Å². The van der Waals surface area contributed by atoms with Crippen molar-refractivity contribution >= 4 is 5.97 Å². The van der Waals surface area contributed by atoms with Crippen LogP contribution in [0.5, 0.6) is 5.75 Å². The number of nitrogens with one attached hydrogen (secondary N) is 1. The number of hydrogen-bond acceptors (Lipinski definition) is 3. The van der Waals surface area contributed by atoms with Gasteiger partial charge in [-0.15, -0.1) is 0 Å². The first kappa shape index (κ1) is 20.7. The number of aromatic nitrogens is 1. The third-order valence-electron chi connectivity index (χ3n) is 5.17. The average molecular weight is 392 g/mol. The Labute approximate surface area is 172 Å². The van der Waals surface area contributed by atoms with E-state index >= 15 is 0 Å². The van der Waals surface area contributed by atoms with E-state index in [1.165, 1.54) is 5.56 Å². The maximum absolute atomic E-state index is 12.0. The zero-order valence-corrected chi connectivity index (χ0v) is 17.5. The number of ether oxygens (including phenoxy) is 1. The summed E-state index contributed by atoms with van der Waals surface area (Å²) < 4.78 is 7.70. The molecule has 5 heteroatoms. The predicted molar refractivity (Wildman–Crippen MR) is 115 cm³/mol. The monoisotopic (exact) mass is 392 g/mol. The molecule has 0 spiro atoms. The number of hydrogen-bond donors (Lipinski definition) is 2. The molecule has 3 rings (SSSR count). The van der Waals surface area contributed by atoms with Crippen molar-refractivity contribution in [2.24, 2.45) is 0 Å². The largest absolute Gasteiger partial charge is 0.494 e. The van der Waals surface area contributed by atoms with Gasteiger partial charge in [-0.05, 0) is 45.9 Å². The summed E-state index contributed by atoms with van der Waals surface area (Å²) in [5, 5.41) is 13.2. The summed E-state index contributed by atoms with van der Waals surface area (Å²) in [6, 6.07) is 16.0. The molecule has 0 saturated carbocycles. The van der Waals surface area contributed by atoms with E-state index in [1.54, 1.807) is 0 Å². The second-order valence-electron chi connectivity index (χ2n) is 7.14. The van der Waals surface area contributed by atoms with Gasteiger partial charge in [0.25, 0.3) is 0 Å². The normalized spacial score (nSPS) is 10.9. The number of aromatic carboxylic acids is 1. The Morgan fingerprint density at radius 1 is 1.00 bits per heavy atom. The molecule has 0 bridgehead atoms. The van der Waals surface area contributed by atoms with Crippen LogP contribution >= 0.6 is 0 Å². The van der Waals surface area contributed by atoms with Crippen LogP contribution < -0.4 is 10.1 Å². The molecule has 0 aliphatic heterocycles. The lowest BCUT2D eigenvalue weighted by molar-refractivity contribution is 0.0695. The van der Waals surface area contributed by atoms with E-state index in [0.717, 1.165) is 34.0 Å². The molecule has 29 heavy (non-hydrogen) atoms. The Morgan fingerprint density at radius 3 is 2.34 bits per heavy atom. The highest BCUT2D eigenvalue weighted by molar-refractivity contribution is 5.91. The van der Waals surface area contributed by atoms with Crippen molar-refractivity contribution in [2.45, 2.75) is 40.8 Å². The summed E-state index contributed by atoms with van der Waals surface area (Å²) in [6.45, 7) is 9.52. The number of carbonyl (C=O) groups is 1. The fourth-order valence-corrected chi connectivity index (χ4v) is 3.75. The fourth-order valence-electron chi connectivity index (χ4n) is 3.75. The first-order valence-electron chi connectivity index (χ1n) is 9.86. The molecule has 0 amide bonds. The lowest BCUT2D eigenvalue weighted by atomic mass is 10.1. The Morgan fingerprint density at radius 2 is 1.69 bits per heavy atom. The van der Waals surface area contributed by atoms with Crippen molar-refractivity contribution in [1.82, 2.24) is 9.88 Å². The molecule has 0 saturated heterocycles. The van der Waals surface area contributed by atoms with Gasteiger partial charge >= 0.3 is 5.97 Å². The molecule has 0 atom stereocenters. The van der Waals surface area contributed by atoms with Crippen LogP contribution in [0.2, 0.25) is 0 Å². The number of para-hydroxylation sites is 1. The minimum Gasteiger partial charge on any atom is -0.494 e. The van der Waals surface area contributed by atoms with Gasteiger partial charge in [0, 0.05) is 41.3 Å². The predicted octanol–water partition coefficient (Wildman–Crippen LogP) is 4.79. The van der Waals surface area contributed by atoms with E-state index in [2.05, 4.69) is 5.32 Å². The van der Waals surface area contributed by atoms with E-state index in [0.29, 0.717) is 25.3 Å². The molecule has 2 N–H and O–H groups in total. The number of aryl methyl sites for hydroxylation is 1. The van der Waals surface area contributed by atoms with Crippen molar-refractivity contribution < 1.29 is 14.6 Å². The van der Waals surface area contributed by atoms with Crippen LogP contribution in [0.1, 0.15) is 45.4 Å². The van der Waals surface area contributed by atoms with Gasteiger partial charge in [0.1, 0.15) is 5.75 Å². The summed E-state index contributed by atoms with van der Waals surface area (Å²) in [6.07, 6.45) is 0. The molecular weight excluding hydrogens is 364 g/mol. The molecule has 0 fully saturated rings. The summed E-state index contributed by atoms with van der Waals surface area (Å²) >= 11 is 0. The van der Waals surface area contributed by atoms with Gasteiger partial charge in [0.2, 0.25) is 0 Å². The number of nitrogens with zero attached hydrogens (tertiary/aromatic N) is 1. The van der Waals surface area contributed by atoms with Gasteiger partial charge in [0.15, 0.2) is 0 Å². The lowest BCUT2D eigenvalue weighted by Crippen LogP contribution is -2.16. The van der Waals surface area contributed by atoms with Gasteiger partial charge in [-0.25, -0.2) is 4.79 Å². The maximum atomic E-state index is 12.0. The van der Waals surface area contributed by atoms with Crippen LogP contribution in [-0.4, -0.2) is 22.2 Å². The molecule has 152 valence electrons. The quantitative estimate of drug-likeness (QED) is 0.579. The Bertz CT molecular complexity index is 1000. The van der Waals surface area contributed by atoms with Crippen LogP contribution in [-0.2, 0) is 13.1 Å². The van der Waals surface area contributed by atoms with E-state index in [4.69, 9.17) is 4.74 Å². The standard InChI is InChI=1S/C24H28N2O3/c1-5-29-22-9-7-6-8-19(22)14-25-15-21-17(3)26(18(4)23(21)24(27)28)20-12-10-16(2)11-13-20/h6-13,25H,5,14-15H2,1-4H3,(H,27,28). The summed E-state index contributed by atoms with van der Waals surface area (Å²) in [4.78, 5) is 12.0. The Balaban J connectivity index is 1.88. The highest BCUT2D eigenvalue weighted by atomic mass is 16.5. The van der Waals surface area contributed by atoms with Crippen molar-refractivity contribution in [2.75, 3.05) is 6.61 Å². The minimum atomic E-state index is -0.900. The SMILES string of the molecule is CCOc1ccccc1CNCc1c(C(=O)O)c(C)n(-c2ccc(C)cc2)c1C. The third kappa shape index (κ3) is 4.35. The van der Waals surface area contributed by atoms with E-state index in [9.17, 15) is 9.90 Å². The minimum absolute atomic E-state index is 0.369. The summed E-state index contributed by atoms with van der Waals surface area (Å²) in [5.41, 5.74) is 6.06. The van der Waals surface area contributed by atoms with Crippen molar-refractivity contribution in [3.63, 3.8) is 0 Å². The molecular formula is C24H28N2O3. The first-order valence-corrected chi connectivity index (χ1v) is 9.86. The van der Waals surface area contributed by atoms with Crippen molar-refractivity contribution in [3.05, 3.63) is 82.2 Å². The molecule has 0 aliphatic rings. The van der Waals surface area contributed by atoms with E-state index in [-0.39, 0.29) is 0 Å². The van der Waals surface area contributed by atoms with Gasteiger partial charge in [0.05, 0.1) is 12.2 Å². The molecule has 0 aliphatic carbocycles. The van der Waals surface area contributed by atoms with Crippen LogP contribution in [0.25, 0.3) is 5.69 Å². The zero-order chi connectivity index (χ0) is 21.0. The first-order chi connectivity index (χ1) is 13.9. The third-order valence-corrected chi connectivity index (χ3v) is 5.17. The van der Waals surface area contributed by atoms with E-state index < -0.39 is 5.97 Å². The molecule has 0 radical (unpaired) electrons. The summed E-state index contributed by atoms with van der Waals surface area (Å²) in [7, 11) is 0. The van der Waals surface area contributed by atoms with Gasteiger partial charge < -0.3 is 19.7 Å². The Kier molecular flexibility index (Phi) is 6.39. The van der Waals surface area contributed by atoms with Crippen molar-refractivity contribution in [1.29, 1.82) is 0 Å². The summed E-state index contributed by atoms with van der Waals surface area (Å²) in [5.74, 6) is -0.0472. The molecule has 2 aromatic carbocycles. The number of benzene rings is 2. The molecule has 3 aromatic rings. The lowest BCUT2D eigenvalue weighted by Gasteiger charge is -2.12. The maximum Gasteiger partial charge on any atom is 0.337 e. The second-order valence-corrected chi connectivity index (χ2v) is 7.14. The highest BCUT2D eigenvalue weighted by Crippen LogP contribution is 2.27.